The molecule has 1 amide bonds. The molecule has 2 fully saturated rings. The number of carbonyl (C=O) groups is 1. The molecule has 0 aromatic carbocycles. The lowest BCUT2D eigenvalue weighted by Gasteiger charge is -2.42. The van der Waals surface area contributed by atoms with E-state index in [0.29, 0.717) is 6.04 Å². The van der Waals surface area contributed by atoms with Crippen molar-refractivity contribution >= 4 is 17.7 Å². The van der Waals surface area contributed by atoms with E-state index in [1.165, 1.54) is 0 Å². The van der Waals surface area contributed by atoms with E-state index in [0.717, 1.165) is 37.3 Å². The van der Waals surface area contributed by atoms with E-state index in [1.807, 2.05) is 16.7 Å². The fourth-order valence-corrected chi connectivity index (χ4v) is 3.22. The second-order valence-corrected chi connectivity index (χ2v) is 5.62. The molecule has 1 saturated heterocycles. The van der Waals surface area contributed by atoms with Gasteiger partial charge in [0.05, 0.1) is 6.07 Å². The Hall–Kier alpha value is -0.690. The van der Waals surface area contributed by atoms with Gasteiger partial charge in [-0.2, -0.15) is 17.0 Å². The molecule has 0 radical (unpaired) electrons. The van der Waals surface area contributed by atoms with Gasteiger partial charge in [0.2, 0.25) is 5.91 Å². The number of hydrogen-bond donors (Lipinski definition) is 0. The third-order valence-electron chi connectivity index (χ3n) is 3.46. The van der Waals surface area contributed by atoms with Crippen LogP contribution in [0.3, 0.4) is 0 Å². The van der Waals surface area contributed by atoms with Crippen molar-refractivity contribution in [1.82, 2.24) is 4.90 Å². The van der Waals surface area contributed by atoms with Crippen molar-refractivity contribution in [3.8, 4) is 6.07 Å². The van der Waals surface area contributed by atoms with Gasteiger partial charge in [0.1, 0.15) is 5.41 Å². The summed E-state index contributed by atoms with van der Waals surface area (Å²) in [7, 11) is 0. The molecule has 1 heterocycles. The lowest BCUT2D eigenvalue weighted by Crippen LogP contribution is -2.53. The third-order valence-corrected chi connectivity index (χ3v) is 4.65. The summed E-state index contributed by atoms with van der Waals surface area (Å²) in [6, 6.07) is 2.53. The van der Waals surface area contributed by atoms with Gasteiger partial charge in [-0.1, -0.05) is 0 Å². The molecule has 0 aromatic rings. The summed E-state index contributed by atoms with van der Waals surface area (Å²) in [6.45, 7) is 2.89. The first-order valence-electron chi connectivity index (χ1n) is 5.50. The maximum absolute atomic E-state index is 12.2. The van der Waals surface area contributed by atoms with Crippen molar-refractivity contribution in [3.63, 3.8) is 0 Å². The Labute approximate surface area is 94.8 Å². The number of thioether (sulfide) groups is 1. The van der Waals surface area contributed by atoms with Gasteiger partial charge in [0.25, 0.3) is 0 Å². The molecule has 2 rings (SSSR count). The predicted molar refractivity (Wildman–Crippen MR) is 60.4 cm³/mol. The summed E-state index contributed by atoms with van der Waals surface area (Å²) in [4.78, 5) is 14.2. The minimum absolute atomic E-state index is 0.0871. The van der Waals surface area contributed by atoms with Gasteiger partial charge in [0, 0.05) is 24.1 Å². The van der Waals surface area contributed by atoms with Crippen LogP contribution in [0.2, 0.25) is 0 Å². The molecule has 1 aliphatic carbocycles. The number of nitriles is 1. The largest absolute Gasteiger partial charge is 0.337 e. The van der Waals surface area contributed by atoms with Crippen molar-refractivity contribution in [2.75, 3.05) is 18.1 Å². The van der Waals surface area contributed by atoms with E-state index in [-0.39, 0.29) is 5.91 Å². The van der Waals surface area contributed by atoms with Crippen LogP contribution in [0.15, 0.2) is 0 Å². The highest BCUT2D eigenvalue weighted by atomic mass is 32.2. The van der Waals surface area contributed by atoms with E-state index in [2.05, 4.69) is 13.0 Å². The first kappa shape index (κ1) is 10.8. The minimum atomic E-state index is -0.656. The molecular formula is C11H16N2OS. The maximum atomic E-state index is 12.2. The van der Waals surface area contributed by atoms with Crippen molar-refractivity contribution in [1.29, 1.82) is 5.26 Å². The van der Waals surface area contributed by atoms with E-state index in [1.54, 1.807) is 0 Å². The van der Waals surface area contributed by atoms with Crippen LogP contribution in [0.4, 0.5) is 0 Å². The van der Waals surface area contributed by atoms with Crippen LogP contribution in [-0.2, 0) is 4.79 Å². The summed E-state index contributed by atoms with van der Waals surface area (Å²) in [6.07, 6.45) is 2.55. The van der Waals surface area contributed by atoms with Crippen LogP contribution in [-0.4, -0.2) is 34.9 Å². The molecule has 1 atom stereocenters. The van der Waals surface area contributed by atoms with E-state index in [4.69, 9.17) is 5.26 Å². The zero-order chi connectivity index (χ0) is 10.9. The quantitative estimate of drug-likeness (QED) is 0.680. The van der Waals surface area contributed by atoms with Crippen LogP contribution in [0.5, 0.6) is 0 Å². The van der Waals surface area contributed by atoms with Crippen molar-refractivity contribution in [2.24, 2.45) is 5.41 Å². The minimum Gasteiger partial charge on any atom is -0.337 e. The van der Waals surface area contributed by atoms with Gasteiger partial charge in [0.15, 0.2) is 0 Å². The molecule has 1 unspecified atom stereocenters. The SMILES string of the molecule is CC1CSCCN1C(=O)C1(C#N)CCC1. The average molecular weight is 224 g/mol. The highest BCUT2D eigenvalue weighted by Gasteiger charge is 2.47. The average Bonchev–Trinajstić information content (AvgIpc) is 2.17. The van der Waals surface area contributed by atoms with Gasteiger partial charge in [-0.3, -0.25) is 4.79 Å². The van der Waals surface area contributed by atoms with E-state index in [9.17, 15) is 4.79 Å². The predicted octanol–water partition coefficient (Wildman–Crippen LogP) is 1.64. The Balaban J connectivity index is 2.09. The van der Waals surface area contributed by atoms with Crippen molar-refractivity contribution in [2.45, 2.75) is 32.2 Å². The Bertz CT molecular complexity index is 306. The fourth-order valence-electron chi connectivity index (χ4n) is 2.21. The first-order valence-corrected chi connectivity index (χ1v) is 6.65. The highest BCUT2D eigenvalue weighted by Crippen LogP contribution is 2.42. The number of carbonyl (C=O) groups excluding carboxylic acids is 1. The number of hydrogen-bond acceptors (Lipinski definition) is 3. The fraction of sp³-hybridized carbons (Fsp3) is 0.818. The number of amides is 1. The van der Waals surface area contributed by atoms with Crippen LogP contribution in [0.25, 0.3) is 0 Å². The van der Waals surface area contributed by atoms with Crippen molar-refractivity contribution < 1.29 is 4.79 Å². The van der Waals surface area contributed by atoms with Crippen LogP contribution >= 0.6 is 11.8 Å². The molecule has 82 valence electrons. The van der Waals surface area contributed by atoms with Crippen LogP contribution in [0.1, 0.15) is 26.2 Å². The van der Waals surface area contributed by atoms with Crippen LogP contribution in [0, 0.1) is 16.7 Å². The normalized spacial score (nSPS) is 29.1. The van der Waals surface area contributed by atoms with Gasteiger partial charge in [-0.15, -0.1) is 0 Å². The van der Waals surface area contributed by atoms with Crippen molar-refractivity contribution in [3.05, 3.63) is 0 Å². The molecule has 1 aliphatic heterocycles. The summed E-state index contributed by atoms with van der Waals surface area (Å²) >= 11 is 1.89. The van der Waals surface area contributed by atoms with Crippen LogP contribution < -0.4 is 0 Å². The summed E-state index contributed by atoms with van der Waals surface area (Å²) in [5.74, 6) is 2.11. The summed E-state index contributed by atoms with van der Waals surface area (Å²) < 4.78 is 0. The second kappa shape index (κ2) is 4.05. The first-order chi connectivity index (χ1) is 7.19. The van der Waals surface area contributed by atoms with Gasteiger partial charge >= 0.3 is 0 Å². The van der Waals surface area contributed by atoms with Gasteiger partial charge in [-0.25, -0.2) is 0 Å². The smallest absolute Gasteiger partial charge is 0.243 e. The Kier molecular flexibility index (Phi) is 2.92. The highest BCUT2D eigenvalue weighted by molar-refractivity contribution is 7.99. The summed E-state index contributed by atoms with van der Waals surface area (Å²) in [5.41, 5.74) is -0.656. The topological polar surface area (TPSA) is 44.1 Å². The lowest BCUT2D eigenvalue weighted by atomic mass is 9.69. The second-order valence-electron chi connectivity index (χ2n) is 4.47. The van der Waals surface area contributed by atoms with Gasteiger partial charge in [-0.05, 0) is 26.2 Å². The number of nitrogens with zero attached hydrogens (tertiary/aromatic N) is 2. The molecule has 1 saturated carbocycles. The Morgan fingerprint density at radius 1 is 1.60 bits per heavy atom. The maximum Gasteiger partial charge on any atom is 0.243 e. The zero-order valence-electron chi connectivity index (χ0n) is 9.03. The lowest BCUT2D eigenvalue weighted by molar-refractivity contribution is -0.144. The third kappa shape index (κ3) is 1.74. The summed E-state index contributed by atoms with van der Waals surface area (Å²) in [5, 5.41) is 9.12. The monoisotopic (exact) mass is 224 g/mol. The molecule has 0 bridgehead atoms. The van der Waals surface area contributed by atoms with Gasteiger partial charge < -0.3 is 4.90 Å². The van der Waals surface area contributed by atoms with E-state index < -0.39 is 5.41 Å². The molecule has 15 heavy (non-hydrogen) atoms. The van der Waals surface area contributed by atoms with E-state index >= 15 is 0 Å². The standard InChI is InChI=1S/C11H16N2OS/c1-9-7-15-6-5-13(9)10(14)11(8-12)3-2-4-11/h9H,2-7H2,1H3. The molecule has 0 N–H and O–H groups in total. The Morgan fingerprint density at radius 2 is 2.33 bits per heavy atom. The Morgan fingerprint density at radius 3 is 2.80 bits per heavy atom. The molecular weight excluding hydrogens is 208 g/mol. The number of rotatable bonds is 1. The molecule has 0 aromatic heterocycles. The molecule has 4 heteroatoms. The molecule has 3 nitrogen and oxygen atoms in total. The zero-order valence-corrected chi connectivity index (χ0v) is 9.85. The molecule has 2 aliphatic rings. The molecule has 0 spiro atoms.